The predicted molar refractivity (Wildman–Crippen MR) is 68.3 cm³/mol. The van der Waals surface area contributed by atoms with E-state index in [0.29, 0.717) is 5.03 Å². The predicted octanol–water partition coefficient (Wildman–Crippen LogP) is 2.96. The van der Waals surface area contributed by atoms with Gasteiger partial charge < -0.3 is 5.32 Å². The average molecular weight is 318 g/mol. The first-order valence-electron chi connectivity index (χ1n) is 4.43. The van der Waals surface area contributed by atoms with Gasteiger partial charge in [0.05, 0.1) is 5.03 Å². The number of nitrogens with zero attached hydrogens (tertiary/aromatic N) is 1. The molecular formula is C9H8Cl3FN2OS. The van der Waals surface area contributed by atoms with Crippen LogP contribution in [0.1, 0.15) is 0 Å². The molecule has 94 valence electrons. The lowest BCUT2D eigenvalue weighted by atomic mass is 10.5. The van der Waals surface area contributed by atoms with E-state index in [1.165, 1.54) is 0 Å². The molecule has 1 N–H and O–H groups in total. The van der Waals surface area contributed by atoms with E-state index in [1.807, 2.05) is 0 Å². The largest absolute Gasteiger partial charge is 0.338 e. The number of nitrogens with one attached hydrogen (secondary N) is 1. The molecule has 0 aliphatic heterocycles. The van der Waals surface area contributed by atoms with E-state index in [4.69, 9.17) is 34.8 Å². The maximum atomic E-state index is 12.1. The number of carbonyl (C=O) groups excluding carboxylic acids is 1. The van der Waals surface area contributed by atoms with Crippen LogP contribution in [0, 0.1) is 0 Å². The molecule has 17 heavy (non-hydrogen) atoms. The highest BCUT2D eigenvalue weighted by Gasteiger charge is 2.35. The molecule has 1 aromatic heterocycles. The van der Waals surface area contributed by atoms with E-state index in [9.17, 15) is 9.18 Å². The average Bonchev–Trinajstić information content (AvgIpc) is 2.28. The van der Waals surface area contributed by atoms with Gasteiger partial charge in [-0.05, 0) is 12.1 Å². The molecule has 0 aliphatic carbocycles. The standard InChI is InChI=1S/C9H8Cl3FN2OS/c10-9(11,12)8(15-6(16)5-13)17-7-3-1-2-4-14-7/h1-4,8H,5H2,(H,15,16)/t8-/m0/s1. The maximum Gasteiger partial charge on any atom is 0.252 e. The number of halogens is 4. The Labute approximate surface area is 117 Å². The van der Waals surface area contributed by atoms with Crippen molar-refractivity contribution in [1.29, 1.82) is 0 Å². The number of pyridine rings is 1. The Kier molecular flexibility index (Phi) is 5.79. The highest BCUT2D eigenvalue weighted by molar-refractivity contribution is 8.00. The Hall–Kier alpha value is -0.230. The number of thioether (sulfide) groups is 1. The molecule has 1 atom stereocenters. The monoisotopic (exact) mass is 316 g/mol. The molecule has 1 aromatic rings. The fourth-order valence-electron chi connectivity index (χ4n) is 0.900. The fraction of sp³-hybridized carbons (Fsp3) is 0.333. The van der Waals surface area contributed by atoms with Gasteiger partial charge in [0, 0.05) is 6.20 Å². The van der Waals surface area contributed by atoms with Crippen LogP contribution in [0.2, 0.25) is 0 Å². The van der Waals surface area contributed by atoms with Crippen LogP contribution in [-0.2, 0) is 4.79 Å². The minimum Gasteiger partial charge on any atom is -0.338 e. The second kappa shape index (κ2) is 6.64. The molecule has 1 amide bonds. The van der Waals surface area contributed by atoms with Gasteiger partial charge in [-0.1, -0.05) is 52.6 Å². The van der Waals surface area contributed by atoms with Gasteiger partial charge in [-0.25, -0.2) is 9.37 Å². The summed E-state index contributed by atoms with van der Waals surface area (Å²) in [5, 5.41) is 1.92. The second-order valence-corrected chi connectivity index (χ2v) is 6.40. The van der Waals surface area contributed by atoms with Gasteiger partial charge in [-0.15, -0.1) is 0 Å². The summed E-state index contributed by atoms with van der Waals surface area (Å²) in [5.74, 6) is -0.843. The summed E-state index contributed by atoms with van der Waals surface area (Å²) in [7, 11) is 0. The molecule has 1 heterocycles. The summed E-state index contributed by atoms with van der Waals surface area (Å²) in [6.07, 6.45) is 1.56. The smallest absolute Gasteiger partial charge is 0.252 e. The lowest BCUT2D eigenvalue weighted by molar-refractivity contribution is -0.122. The summed E-state index contributed by atoms with van der Waals surface area (Å²) in [6, 6.07) is 5.17. The molecule has 0 aliphatic rings. The van der Waals surface area contributed by atoms with E-state index in [0.717, 1.165) is 11.8 Å². The number of hydrogen-bond donors (Lipinski definition) is 1. The first-order valence-corrected chi connectivity index (χ1v) is 6.44. The molecule has 0 radical (unpaired) electrons. The lowest BCUT2D eigenvalue weighted by Crippen LogP contribution is -2.42. The molecule has 0 saturated heterocycles. The summed E-state index contributed by atoms with van der Waals surface area (Å²) < 4.78 is 10.4. The van der Waals surface area contributed by atoms with Crippen molar-refractivity contribution in [2.24, 2.45) is 0 Å². The number of aromatic nitrogens is 1. The summed E-state index contributed by atoms with van der Waals surface area (Å²) >= 11 is 18.1. The normalized spacial score (nSPS) is 13.2. The Morgan fingerprint density at radius 2 is 2.24 bits per heavy atom. The minimum absolute atomic E-state index is 0.558. The van der Waals surface area contributed by atoms with Crippen molar-refractivity contribution in [2.75, 3.05) is 6.67 Å². The van der Waals surface area contributed by atoms with Crippen molar-refractivity contribution in [2.45, 2.75) is 14.2 Å². The van der Waals surface area contributed by atoms with Gasteiger partial charge in [-0.2, -0.15) is 0 Å². The second-order valence-electron chi connectivity index (χ2n) is 2.91. The molecule has 8 heteroatoms. The van der Waals surface area contributed by atoms with Crippen LogP contribution in [0.5, 0.6) is 0 Å². The Morgan fingerprint density at radius 3 is 2.71 bits per heavy atom. The van der Waals surface area contributed by atoms with Crippen molar-refractivity contribution >= 4 is 52.5 Å². The van der Waals surface area contributed by atoms with Crippen LogP contribution in [-0.4, -0.2) is 26.7 Å². The Morgan fingerprint density at radius 1 is 1.53 bits per heavy atom. The SMILES string of the molecule is O=C(CF)N[C@@H](Sc1ccccn1)C(Cl)(Cl)Cl. The van der Waals surface area contributed by atoms with Crippen molar-refractivity contribution in [3.8, 4) is 0 Å². The molecule has 0 spiro atoms. The zero-order valence-corrected chi connectivity index (χ0v) is 11.5. The van der Waals surface area contributed by atoms with Crippen LogP contribution in [0.15, 0.2) is 29.4 Å². The lowest BCUT2D eigenvalue weighted by Gasteiger charge is -2.23. The zero-order valence-electron chi connectivity index (χ0n) is 8.37. The zero-order chi connectivity index (χ0) is 12.9. The summed E-state index contributed by atoms with van der Waals surface area (Å²) in [4.78, 5) is 15.0. The number of amides is 1. The Bertz CT molecular complexity index is 374. The van der Waals surface area contributed by atoms with Gasteiger partial charge in [-0.3, -0.25) is 4.79 Å². The molecule has 1 rings (SSSR count). The van der Waals surface area contributed by atoms with E-state index >= 15 is 0 Å². The van der Waals surface area contributed by atoms with Crippen LogP contribution in [0.25, 0.3) is 0 Å². The fourth-order valence-corrected chi connectivity index (χ4v) is 2.31. The topological polar surface area (TPSA) is 42.0 Å². The van der Waals surface area contributed by atoms with Gasteiger partial charge in [0.25, 0.3) is 5.91 Å². The van der Waals surface area contributed by atoms with E-state index in [1.54, 1.807) is 24.4 Å². The molecule has 0 unspecified atom stereocenters. The van der Waals surface area contributed by atoms with Crippen molar-refractivity contribution < 1.29 is 9.18 Å². The van der Waals surface area contributed by atoms with Crippen molar-refractivity contribution in [3.05, 3.63) is 24.4 Å². The number of rotatable bonds is 4. The molecule has 0 aromatic carbocycles. The third kappa shape index (κ3) is 5.29. The summed E-state index contributed by atoms with van der Waals surface area (Å²) in [6.45, 7) is -1.17. The molecule has 0 saturated carbocycles. The van der Waals surface area contributed by atoms with Crippen molar-refractivity contribution in [3.63, 3.8) is 0 Å². The molecule has 3 nitrogen and oxygen atoms in total. The first-order chi connectivity index (χ1) is 7.93. The van der Waals surface area contributed by atoms with Crippen molar-refractivity contribution in [1.82, 2.24) is 10.3 Å². The Balaban J connectivity index is 2.75. The van der Waals surface area contributed by atoms with Crippen LogP contribution >= 0.6 is 46.6 Å². The molecule has 0 fully saturated rings. The minimum atomic E-state index is -1.76. The number of carbonyl (C=O) groups is 1. The number of alkyl halides is 4. The third-order valence-corrected chi connectivity index (χ3v) is 3.82. The third-order valence-electron chi connectivity index (χ3n) is 1.59. The summed E-state index contributed by atoms with van der Waals surface area (Å²) in [5.41, 5.74) is 0. The number of hydrogen-bond acceptors (Lipinski definition) is 3. The van der Waals surface area contributed by atoms with Gasteiger partial charge in [0.15, 0.2) is 6.67 Å². The quantitative estimate of drug-likeness (QED) is 0.527. The van der Waals surface area contributed by atoms with E-state index in [-0.39, 0.29) is 0 Å². The van der Waals surface area contributed by atoms with Gasteiger partial charge in [0.2, 0.25) is 3.79 Å². The van der Waals surface area contributed by atoms with E-state index in [2.05, 4.69) is 10.3 Å². The van der Waals surface area contributed by atoms with E-state index < -0.39 is 21.7 Å². The highest BCUT2D eigenvalue weighted by Crippen LogP contribution is 2.38. The van der Waals surface area contributed by atoms with Gasteiger partial charge >= 0.3 is 0 Å². The first kappa shape index (κ1) is 14.8. The maximum absolute atomic E-state index is 12.1. The van der Waals surface area contributed by atoms with Crippen LogP contribution < -0.4 is 5.32 Å². The molecule has 0 bridgehead atoms. The molecular weight excluding hydrogens is 310 g/mol. The van der Waals surface area contributed by atoms with Crippen LogP contribution in [0.4, 0.5) is 4.39 Å². The highest BCUT2D eigenvalue weighted by atomic mass is 35.6. The van der Waals surface area contributed by atoms with Crippen LogP contribution in [0.3, 0.4) is 0 Å². The van der Waals surface area contributed by atoms with Gasteiger partial charge in [0.1, 0.15) is 5.37 Å².